The Morgan fingerprint density at radius 2 is 1.02 bits per heavy atom. The molecule has 0 bridgehead atoms. The molecule has 84 heavy (non-hydrogen) atoms. The summed E-state index contributed by atoms with van der Waals surface area (Å²) < 4.78 is 23.2. The van der Waals surface area contributed by atoms with Crippen LogP contribution in [-0.2, 0) is 42.9 Å². The number of hydrogen-bond donors (Lipinski definition) is 14. The molecule has 26 nitrogen and oxygen atoms in total. The molecule has 0 saturated carbocycles. The fourth-order valence-electron chi connectivity index (χ4n) is 9.70. The highest BCUT2D eigenvalue weighted by molar-refractivity contribution is 14.1. The zero-order valence-corrected chi connectivity index (χ0v) is 51.0. The van der Waals surface area contributed by atoms with Gasteiger partial charge in [-0.05, 0) is 97.7 Å². The molecule has 0 radical (unpaired) electrons. The van der Waals surface area contributed by atoms with E-state index in [1.165, 1.54) is 18.2 Å². The highest BCUT2D eigenvalue weighted by atomic mass is 127. The number of amides is 7. The van der Waals surface area contributed by atoms with Crippen LogP contribution in [0.25, 0.3) is 0 Å². The van der Waals surface area contributed by atoms with Gasteiger partial charge >= 0.3 is 5.97 Å². The van der Waals surface area contributed by atoms with Crippen LogP contribution < -0.4 is 58.5 Å². The number of rotatable bonds is 39. The molecule has 8 atom stereocenters. The van der Waals surface area contributed by atoms with E-state index in [2.05, 4.69) is 81.1 Å². The van der Waals surface area contributed by atoms with E-state index in [1.807, 2.05) is 23.5 Å². The summed E-state index contributed by atoms with van der Waals surface area (Å²) in [5, 5.41) is 57.6. The number of ether oxygens (including phenoxy) is 4. The van der Waals surface area contributed by atoms with Crippen molar-refractivity contribution in [3.63, 3.8) is 0 Å². The molecule has 4 saturated heterocycles. The van der Waals surface area contributed by atoms with Crippen molar-refractivity contribution >= 4 is 111 Å². The summed E-state index contributed by atoms with van der Waals surface area (Å²) in [4.78, 5) is 101. The minimum atomic E-state index is -1.38. The number of carbonyl (C=O) groups is 8. The Balaban J connectivity index is 0.789. The zero-order chi connectivity index (χ0) is 60.2. The van der Waals surface area contributed by atoms with Crippen molar-refractivity contribution in [1.29, 1.82) is 10.8 Å². The number of unbranched alkanes of at least 4 members (excludes halogenated alkanes) is 2. The minimum Gasteiger partial charge on any atom is -0.480 e. The number of fused-ring (bicyclic) bond motifs is 2. The van der Waals surface area contributed by atoms with E-state index in [9.17, 15) is 43.5 Å². The fourth-order valence-corrected chi connectivity index (χ4v) is 13.1. The molecule has 29 heteroatoms. The van der Waals surface area contributed by atoms with Gasteiger partial charge < -0.3 is 82.5 Å². The zero-order valence-electron chi connectivity index (χ0n) is 47.2. The number of anilines is 1. The maximum Gasteiger partial charge on any atom is 0.326 e. The molecular weight excluding hydrogens is 1240 g/mol. The number of halogens is 1. The monoisotopic (exact) mass is 1320 g/mol. The third-order valence-electron chi connectivity index (χ3n) is 13.9. The first-order valence-corrected chi connectivity index (χ1v) is 31.6. The second-order valence-corrected chi connectivity index (χ2v) is 24.4. The average Bonchev–Trinajstić information content (AvgIpc) is 4.08. The largest absolute Gasteiger partial charge is 0.480 e. The third kappa shape index (κ3) is 23.8. The van der Waals surface area contributed by atoms with E-state index in [0.717, 1.165) is 47.2 Å². The van der Waals surface area contributed by atoms with Gasteiger partial charge in [0, 0.05) is 99.4 Å². The number of benzene rings is 2. The topological polar surface area (TPSA) is 374 Å². The SMILES string of the molecule is C[C@H](CC(=O)NCCOCCOCCNC(=O)c1cc(NC(=O)c2ccc(I)cc2)cc(C(=O)NCCOCCOCCNC(=O)C[C@H](NC(=O)CCCC[C@@H]2SC[C@@H]3NC(=N)N[C@@H]32)C(=O)O)c1)NC(=O)CCCC[C@@H]1SC[C@@H]2NC(=N)N[C@@H]21. The summed E-state index contributed by atoms with van der Waals surface area (Å²) in [7, 11) is 0. The molecular formula is C55H80IN13O13S2. The van der Waals surface area contributed by atoms with Crippen LogP contribution in [0.1, 0.15) is 102 Å². The van der Waals surface area contributed by atoms with Gasteiger partial charge in [-0.15, -0.1) is 0 Å². The highest BCUT2D eigenvalue weighted by Crippen LogP contribution is 2.34. The Labute approximate surface area is 511 Å². The maximum atomic E-state index is 13.3. The van der Waals surface area contributed by atoms with Crippen LogP contribution in [0, 0.1) is 14.4 Å². The molecule has 2 aromatic rings. The molecule has 4 aliphatic rings. The number of nitrogens with one attached hydrogen (secondary N) is 13. The Morgan fingerprint density at radius 3 is 1.50 bits per heavy atom. The van der Waals surface area contributed by atoms with Crippen LogP contribution >= 0.6 is 46.1 Å². The number of guanidine groups is 2. The van der Waals surface area contributed by atoms with Gasteiger partial charge in [-0.2, -0.15) is 23.5 Å². The van der Waals surface area contributed by atoms with Crippen molar-refractivity contribution in [3.8, 4) is 0 Å². The molecule has 462 valence electrons. The molecule has 4 heterocycles. The molecule has 14 N–H and O–H groups in total. The van der Waals surface area contributed by atoms with Gasteiger partial charge in [0.1, 0.15) is 6.04 Å². The van der Waals surface area contributed by atoms with Crippen molar-refractivity contribution in [3.05, 3.63) is 62.7 Å². The minimum absolute atomic E-state index is 0.0824. The third-order valence-corrected chi connectivity index (χ3v) is 17.6. The number of hydrogen-bond acceptors (Lipinski definition) is 16. The first-order valence-electron chi connectivity index (χ1n) is 28.4. The van der Waals surface area contributed by atoms with Crippen LogP contribution in [-0.4, -0.2) is 202 Å². The predicted octanol–water partition coefficient (Wildman–Crippen LogP) is 1.24. The summed E-state index contributed by atoms with van der Waals surface area (Å²) in [5.74, 6) is -1.45. The number of carbonyl (C=O) groups excluding carboxylic acids is 7. The maximum absolute atomic E-state index is 13.3. The van der Waals surface area contributed by atoms with E-state index in [-0.39, 0.29) is 145 Å². The van der Waals surface area contributed by atoms with Crippen molar-refractivity contribution in [2.75, 3.05) is 95.9 Å². The quantitative estimate of drug-likeness (QED) is 0.0331. The molecule has 4 aliphatic heterocycles. The van der Waals surface area contributed by atoms with Crippen LogP contribution in [0.15, 0.2) is 42.5 Å². The summed E-state index contributed by atoms with van der Waals surface area (Å²) >= 11 is 5.87. The van der Waals surface area contributed by atoms with E-state index in [0.29, 0.717) is 46.9 Å². The Bertz CT molecular complexity index is 2580. The predicted molar refractivity (Wildman–Crippen MR) is 326 cm³/mol. The van der Waals surface area contributed by atoms with Crippen LogP contribution in [0.2, 0.25) is 0 Å². The summed E-state index contributed by atoms with van der Waals surface area (Å²) in [5.41, 5.74) is 0.823. The second kappa shape index (κ2) is 36.1. The standard InChI is InChI=1S/C55H80IN13O13S2/c1-33(63-44(70)8-4-2-6-42-48-40(31-83-42)66-54(57)68-48)26-46(72)59-14-18-79-22-24-81-20-16-61-50(74)35-27-36(29-38(28-35)64-52(76)34-10-12-37(56)13-11-34)51(75)62-17-21-82-25-23-80-19-15-60-47(73)30-39(53(77)78)65-45(71)9-5-3-7-43-49-41(32-84-43)67-55(58)69-49/h10-13,27-29,33,39-43,48-49H,2-9,14-26,30-32H2,1H3,(H,59,72)(H,60,73)(H,61,74)(H,62,75)(H,63,70)(H,64,76)(H,65,71)(H,77,78)(H3,57,66,68)(H3,58,67,69)/t33-,39+,40+,41+,42+,43+,48+,49+/m1/s1. The van der Waals surface area contributed by atoms with E-state index < -0.39 is 48.0 Å². The van der Waals surface area contributed by atoms with Gasteiger partial charge in [0.2, 0.25) is 23.6 Å². The van der Waals surface area contributed by atoms with Gasteiger partial charge in [-0.1, -0.05) is 12.8 Å². The van der Waals surface area contributed by atoms with Crippen LogP contribution in [0.4, 0.5) is 5.69 Å². The Kier molecular flexibility index (Phi) is 28.9. The Morgan fingerprint density at radius 1 is 0.571 bits per heavy atom. The number of aliphatic carboxylic acids is 1. The van der Waals surface area contributed by atoms with Crippen LogP contribution in [0.5, 0.6) is 0 Å². The van der Waals surface area contributed by atoms with Crippen molar-refractivity contribution in [1.82, 2.24) is 53.2 Å². The smallest absolute Gasteiger partial charge is 0.326 e. The molecule has 0 spiro atoms. The lowest BCUT2D eigenvalue weighted by Crippen LogP contribution is -2.44. The average molecular weight is 1320 g/mol. The van der Waals surface area contributed by atoms with Crippen molar-refractivity contribution in [2.45, 2.75) is 118 Å². The Hall–Kier alpha value is -5.99. The molecule has 7 amide bonds. The van der Waals surface area contributed by atoms with Gasteiger partial charge in [0.15, 0.2) is 11.9 Å². The van der Waals surface area contributed by atoms with Gasteiger partial charge in [0.25, 0.3) is 17.7 Å². The second-order valence-electron chi connectivity index (χ2n) is 20.6. The highest BCUT2D eigenvalue weighted by Gasteiger charge is 2.42. The molecule has 0 aliphatic carbocycles. The molecule has 6 rings (SSSR count). The van der Waals surface area contributed by atoms with E-state index in [1.54, 1.807) is 31.2 Å². The number of carboxylic acids is 1. The van der Waals surface area contributed by atoms with Crippen molar-refractivity contribution in [2.24, 2.45) is 0 Å². The van der Waals surface area contributed by atoms with Crippen LogP contribution in [0.3, 0.4) is 0 Å². The molecule has 2 aromatic carbocycles. The van der Waals surface area contributed by atoms with Crippen molar-refractivity contribution < 1.29 is 62.4 Å². The molecule has 4 fully saturated rings. The lowest BCUT2D eigenvalue weighted by molar-refractivity contribution is -0.143. The van der Waals surface area contributed by atoms with E-state index >= 15 is 0 Å². The molecule has 0 aromatic heterocycles. The number of thioether (sulfide) groups is 2. The molecule has 0 unspecified atom stereocenters. The number of carboxylic acid groups (broad SMARTS) is 1. The first kappa shape index (κ1) is 67.1. The van der Waals surface area contributed by atoms with E-state index in [4.69, 9.17) is 29.8 Å². The summed E-state index contributed by atoms with van der Waals surface area (Å²) in [6, 6.07) is 10.5. The normalized spacial score (nSPS) is 19.9. The fraction of sp³-hybridized carbons (Fsp3) is 0.600. The summed E-state index contributed by atoms with van der Waals surface area (Å²) in [6.45, 7) is 3.83. The lowest BCUT2D eigenvalue weighted by Gasteiger charge is -2.17. The van der Waals surface area contributed by atoms with Gasteiger partial charge in [-0.25, -0.2) is 4.79 Å². The lowest BCUT2D eigenvalue weighted by atomic mass is 10.0. The first-order chi connectivity index (χ1) is 40.5. The van der Waals surface area contributed by atoms with Gasteiger partial charge in [-0.3, -0.25) is 44.4 Å². The van der Waals surface area contributed by atoms with Gasteiger partial charge in [0.05, 0.1) is 83.4 Å². The summed E-state index contributed by atoms with van der Waals surface area (Å²) in [6.07, 6.45) is 5.11.